The number of ether oxygens (including phenoxy) is 1. The average Bonchev–Trinajstić information content (AvgIpc) is 3.36. The summed E-state index contributed by atoms with van der Waals surface area (Å²) in [6, 6.07) is 23.8. The number of para-hydroxylation sites is 2. The fourth-order valence-corrected chi connectivity index (χ4v) is 5.87. The van der Waals surface area contributed by atoms with Crippen molar-refractivity contribution in [1.29, 1.82) is 0 Å². The summed E-state index contributed by atoms with van der Waals surface area (Å²) in [6.45, 7) is 5.31. The first-order valence-electron chi connectivity index (χ1n) is 12.6. The van der Waals surface area contributed by atoms with E-state index in [2.05, 4.69) is 51.1 Å². The fourth-order valence-electron chi connectivity index (χ4n) is 5.61. The van der Waals surface area contributed by atoms with Gasteiger partial charge < -0.3 is 14.4 Å². The third-order valence-corrected chi connectivity index (χ3v) is 8.17. The number of hydrogen-bond acceptors (Lipinski definition) is 3. The van der Waals surface area contributed by atoms with Gasteiger partial charge in [0.2, 0.25) is 5.69 Å². The first kappa shape index (κ1) is 24.4. The van der Waals surface area contributed by atoms with Crippen LogP contribution in [0.5, 0.6) is 5.75 Å². The number of allylic oxidation sites excluding steroid dienone is 3. The lowest BCUT2D eigenvalue weighted by Gasteiger charge is -2.30. The maximum atomic E-state index is 13.4. The normalized spacial score (nSPS) is 17.4. The summed E-state index contributed by atoms with van der Waals surface area (Å²) in [5.41, 5.74) is 5.08. The molecule has 2 heterocycles. The van der Waals surface area contributed by atoms with Crippen LogP contribution < -0.4 is 9.84 Å². The van der Waals surface area contributed by atoms with Crippen LogP contribution in [-0.2, 0) is 16.8 Å². The molecule has 190 valence electrons. The fraction of sp³-hybridized carbons (Fsp3) is 0.188. The second-order valence-electron chi connectivity index (χ2n) is 10.2. The molecule has 0 unspecified atom stereocenters. The molecule has 0 amide bonds. The van der Waals surface area contributed by atoms with Gasteiger partial charge in [0.15, 0.2) is 11.5 Å². The van der Waals surface area contributed by atoms with Gasteiger partial charge >= 0.3 is 0 Å². The zero-order valence-electron chi connectivity index (χ0n) is 21.5. The summed E-state index contributed by atoms with van der Waals surface area (Å²) in [6.07, 6.45) is 3.70. The molecule has 1 aromatic heterocycles. The van der Waals surface area contributed by atoms with Crippen molar-refractivity contribution in [3.63, 3.8) is 0 Å². The van der Waals surface area contributed by atoms with E-state index < -0.39 is 0 Å². The van der Waals surface area contributed by atoms with Gasteiger partial charge in [0.25, 0.3) is 0 Å². The van der Waals surface area contributed by atoms with Crippen molar-refractivity contribution >= 4 is 49.6 Å². The first-order chi connectivity index (χ1) is 18.3. The zero-order valence-corrected chi connectivity index (χ0v) is 23.1. The molecule has 4 aromatic rings. The Morgan fingerprint density at radius 1 is 1.03 bits per heavy atom. The Morgan fingerprint density at radius 2 is 1.74 bits per heavy atom. The SMILES string of the molecule is C[N+]1=C(/C=C2/C(=O)C(c3cn(CCOc4ccc(Br)cc4)c4ccccc34)=C2[O-])C(C)(C)c2ccccc21. The smallest absolute Gasteiger partial charge is 0.209 e. The van der Waals surface area contributed by atoms with Crippen molar-refractivity contribution in [2.75, 3.05) is 13.7 Å². The molecule has 0 radical (unpaired) electrons. The molecule has 6 heteroatoms. The number of aromatic nitrogens is 1. The van der Waals surface area contributed by atoms with E-state index in [4.69, 9.17) is 4.74 Å². The molecule has 0 fully saturated rings. The van der Waals surface area contributed by atoms with Gasteiger partial charge in [-0.05, 0) is 44.2 Å². The molecule has 2 aliphatic rings. The zero-order chi connectivity index (χ0) is 26.6. The molecular formula is C32H27BrN2O3. The Labute approximate surface area is 230 Å². The molecule has 6 rings (SSSR count). The minimum absolute atomic E-state index is 0.198. The van der Waals surface area contributed by atoms with Gasteiger partial charge in [0.05, 0.1) is 12.0 Å². The predicted molar refractivity (Wildman–Crippen MR) is 152 cm³/mol. The third kappa shape index (κ3) is 3.82. The van der Waals surface area contributed by atoms with Crippen LogP contribution in [-0.4, -0.2) is 34.3 Å². The first-order valence-corrected chi connectivity index (χ1v) is 13.4. The van der Waals surface area contributed by atoms with Crippen molar-refractivity contribution in [2.24, 2.45) is 0 Å². The molecule has 1 aliphatic carbocycles. The van der Waals surface area contributed by atoms with E-state index in [-0.39, 0.29) is 28.1 Å². The lowest BCUT2D eigenvalue weighted by atomic mass is 9.77. The standard InChI is InChI=1S/C32H27BrN2O3/c1-32(2)25-9-5-7-11-27(25)34(3)28(32)18-23-30(36)29(31(23)37)24-19-35(26-10-6-4-8-22(24)26)16-17-38-21-14-12-20(33)13-15-21/h4-15,18-19H,16-17H2,1-3H3. The molecular weight excluding hydrogens is 540 g/mol. The molecule has 0 spiro atoms. The summed E-state index contributed by atoms with van der Waals surface area (Å²) in [5.74, 6) is 0.395. The van der Waals surface area contributed by atoms with E-state index in [9.17, 15) is 9.90 Å². The number of halogens is 1. The minimum Gasteiger partial charge on any atom is -0.871 e. The third-order valence-electron chi connectivity index (χ3n) is 7.64. The lowest BCUT2D eigenvalue weighted by Crippen LogP contribution is -2.33. The van der Waals surface area contributed by atoms with Crippen molar-refractivity contribution < 1.29 is 19.2 Å². The monoisotopic (exact) mass is 566 g/mol. The summed E-state index contributed by atoms with van der Waals surface area (Å²) in [5, 5.41) is 14.3. The van der Waals surface area contributed by atoms with E-state index in [1.807, 2.05) is 73.9 Å². The highest BCUT2D eigenvalue weighted by molar-refractivity contribution is 9.10. The highest BCUT2D eigenvalue weighted by Gasteiger charge is 2.44. The number of fused-ring (bicyclic) bond motifs is 2. The van der Waals surface area contributed by atoms with Crippen LogP contribution in [0, 0.1) is 0 Å². The van der Waals surface area contributed by atoms with Gasteiger partial charge in [0, 0.05) is 56.0 Å². The van der Waals surface area contributed by atoms with Crippen LogP contribution in [0.25, 0.3) is 16.5 Å². The minimum atomic E-state index is -0.306. The topological polar surface area (TPSA) is 57.3 Å². The number of ketones is 1. The van der Waals surface area contributed by atoms with Gasteiger partial charge in [0.1, 0.15) is 19.4 Å². The quantitative estimate of drug-likeness (QED) is 0.220. The number of carbonyl (C=O) groups excluding carboxylic acids is 1. The van der Waals surface area contributed by atoms with Crippen LogP contribution in [0.1, 0.15) is 25.0 Å². The van der Waals surface area contributed by atoms with Gasteiger partial charge in [-0.2, -0.15) is 4.58 Å². The molecule has 0 saturated carbocycles. The Bertz CT molecular complexity index is 1700. The van der Waals surface area contributed by atoms with Crippen molar-refractivity contribution in [2.45, 2.75) is 25.8 Å². The highest BCUT2D eigenvalue weighted by Crippen LogP contribution is 2.42. The molecule has 0 bridgehead atoms. The maximum absolute atomic E-state index is 13.4. The van der Waals surface area contributed by atoms with Crippen LogP contribution in [0.3, 0.4) is 0 Å². The summed E-state index contributed by atoms with van der Waals surface area (Å²) in [7, 11) is 1.99. The largest absolute Gasteiger partial charge is 0.871 e. The number of rotatable bonds is 6. The summed E-state index contributed by atoms with van der Waals surface area (Å²) >= 11 is 3.43. The average molecular weight is 567 g/mol. The number of benzene rings is 3. The van der Waals surface area contributed by atoms with Crippen LogP contribution in [0.4, 0.5) is 5.69 Å². The Hall–Kier alpha value is -3.90. The summed E-state index contributed by atoms with van der Waals surface area (Å²) < 4.78 is 11.0. The molecule has 38 heavy (non-hydrogen) atoms. The van der Waals surface area contributed by atoms with E-state index in [1.165, 1.54) is 5.56 Å². The number of nitrogens with zero attached hydrogens (tertiary/aromatic N) is 2. The second-order valence-corrected chi connectivity index (χ2v) is 11.1. The second kappa shape index (κ2) is 9.14. The summed E-state index contributed by atoms with van der Waals surface area (Å²) in [4.78, 5) is 13.4. The Morgan fingerprint density at radius 3 is 2.47 bits per heavy atom. The van der Waals surface area contributed by atoms with Crippen LogP contribution >= 0.6 is 15.9 Å². The van der Waals surface area contributed by atoms with Gasteiger partial charge in [-0.3, -0.25) is 4.79 Å². The number of hydrogen-bond donors (Lipinski definition) is 0. The number of Topliss-reactive ketones (excluding diaryl/α,β-unsaturated/α-hetero) is 1. The molecule has 3 aromatic carbocycles. The predicted octanol–water partition coefficient (Wildman–Crippen LogP) is 5.77. The van der Waals surface area contributed by atoms with Crippen molar-refractivity contribution in [1.82, 2.24) is 4.57 Å². The maximum Gasteiger partial charge on any atom is 0.209 e. The molecule has 1 aliphatic heterocycles. The Balaban J connectivity index is 1.32. The Kier molecular flexibility index (Phi) is 5.88. The van der Waals surface area contributed by atoms with Crippen LogP contribution in [0.15, 0.2) is 101 Å². The van der Waals surface area contributed by atoms with Gasteiger partial charge in [-0.1, -0.05) is 58.1 Å². The van der Waals surface area contributed by atoms with E-state index >= 15 is 0 Å². The number of carbonyl (C=O) groups is 1. The highest BCUT2D eigenvalue weighted by atomic mass is 79.9. The van der Waals surface area contributed by atoms with Gasteiger partial charge in [-0.25, -0.2) is 0 Å². The van der Waals surface area contributed by atoms with Crippen molar-refractivity contribution in [3.05, 3.63) is 112 Å². The van der Waals surface area contributed by atoms with E-state index in [0.717, 1.165) is 32.5 Å². The molecule has 5 nitrogen and oxygen atoms in total. The van der Waals surface area contributed by atoms with E-state index in [1.54, 1.807) is 6.08 Å². The van der Waals surface area contributed by atoms with Gasteiger partial charge in [-0.15, -0.1) is 0 Å². The molecule has 0 atom stereocenters. The lowest BCUT2D eigenvalue weighted by molar-refractivity contribution is -0.401. The van der Waals surface area contributed by atoms with Crippen LogP contribution in [0.2, 0.25) is 0 Å². The molecule has 0 N–H and O–H groups in total. The molecule has 0 saturated heterocycles. The van der Waals surface area contributed by atoms with E-state index in [0.29, 0.717) is 18.7 Å². The van der Waals surface area contributed by atoms with Crippen molar-refractivity contribution in [3.8, 4) is 5.75 Å².